The molecule has 0 bridgehead atoms. The van der Waals surface area contributed by atoms with Gasteiger partial charge >= 0.3 is 0 Å². The molecule has 2 heteroatoms. The van der Waals surface area contributed by atoms with Gasteiger partial charge in [0.25, 0.3) is 0 Å². The molecule has 0 saturated carbocycles. The standard InChI is InChI=1S/C8H6O.C5H11Cl/c1-2-4-8-7(3-1)5-6-9-8;1-2-3-4-5-6/h1-6H;2-5H2,1H3. The molecule has 0 aliphatic rings. The zero-order chi connectivity index (χ0) is 10.9. The summed E-state index contributed by atoms with van der Waals surface area (Å²) in [6.07, 6.45) is 5.43. The van der Waals surface area contributed by atoms with E-state index in [0.717, 1.165) is 16.8 Å². The summed E-state index contributed by atoms with van der Waals surface area (Å²) in [4.78, 5) is 0. The van der Waals surface area contributed by atoms with Gasteiger partial charge < -0.3 is 4.42 Å². The zero-order valence-corrected chi connectivity index (χ0v) is 9.83. The smallest absolute Gasteiger partial charge is 0.133 e. The molecule has 15 heavy (non-hydrogen) atoms. The number of unbranched alkanes of at least 4 members (excludes halogenated alkanes) is 2. The predicted octanol–water partition coefficient (Wildman–Crippen LogP) is 4.85. The van der Waals surface area contributed by atoms with Gasteiger partial charge in [0.1, 0.15) is 5.58 Å². The van der Waals surface area contributed by atoms with Crippen LogP contribution in [-0.4, -0.2) is 5.88 Å². The SMILES string of the molecule is CCCCCCl.c1ccc2occc2c1. The molecule has 2 rings (SSSR count). The van der Waals surface area contributed by atoms with Crippen LogP contribution in [0.4, 0.5) is 0 Å². The van der Waals surface area contributed by atoms with Crippen molar-refractivity contribution in [1.29, 1.82) is 0 Å². The molecule has 1 aromatic carbocycles. The molecule has 1 nitrogen and oxygen atoms in total. The Morgan fingerprint density at radius 2 is 1.93 bits per heavy atom. The van der Waals surface area contributed by atoms with Gasteiger partial charge in [0, 0.05) is 11.3 Å². The second-order valence-corrected chi connectivity index (χ2v) is 3.73. The third-order valence-electron chi connectivity index (χ3n) is 2.10. The van der Waals surface area contributed by atoms with Crippen LogP contribution in [0.3, 0.4) is 0 Å². The normalized spacial score (nSPS) is 9.73. The maximum Gasteiger partial charge on any atom is 0.133 e. The molecule has 1 aromatic heterocycles. The lowest BCUT2D eigenvalue weighted by Gasteiger charge is -1.84. The van der Waals surface area contributed by atoms with Crippen LogP contribution < -0.4 is 0 Å². The number of rotatable bonds is 3. The highest BCUT2D eigenvalue weighted by atomic mass is 35.5. The maximum absolute atomic E-state index is 5.38. The lowest BCUT2D eigenvalue weighted by atomic mass is 10.3. The van der Waals surface area contributed by atoms with Crippen LogP contribution in [0.2, 0.25) is 0 Å². The number of fused-ring (bicyclic) bond motifs is 1. The summed E-state index contributed by atoms with van der Waals surface area (Å²) in [6.45, 7) is 2.17. The van der Waals surface area contributed by atoms with Crippen molar-refractivity contribution in [2.45, 2.75) is 26.2 Å². The molecule has 0 radical (unpaired) electrons. The molecule has 0 aliphatic heterocycles. The second kappa shape index (κ2) is 7.36. The number of hydrogen-bond donors (Lipinski definition) is 0. The van der Waals surface area contributed by atoms with E-state index in [1.807, 2.05) is 30.3 Å². The Hall–Kier alpha value is -0.950. The van der Waals surface area contributed by atoms with E-state index in [9.17, 15) is 0 Å². The molecule has 0 atom stereocenters. The van der Waals surface area contributed by atoms with E-state index in [1.54, 1.807) is 6.26 Å². The highest BCUT2D eigenvalue weighted by Crippen LogP contribution is 2.12. The minimum Gasteiger partial charge on any atom is -0.464 e. The van der Waals surface area contributed by atoms with Gasteiger partial charge in [-0.1, -0.05) is 38.0 Å². The lowest BCUT2D eigenvalue weighted by molar-refractivity contribution is 0.616. The fourth-order valence-electron chi connectivity index (χ4n) is 1.25. The van der Waals surface area contributed by atoms with E-state index in [2.05, 4.69) is 6.92 Å². The first-order valence-corrected chi connectivity index (χ1v) is 5.90. The van der Waals surface area contributed by atoms with Crippen LogP contribution in [0.25, 0.3) is 11.0 Å². The first-order chi connectivity index (χ1) is 7.38. The van der Waals surface area contributed by atoms with Crippen molar-refractivity contribution in [1.82, 2.24) is 0 Å². The van der Waals surface area contributed by atoms with Gasteiger partial charge in [0.05, 0.1) is 6.26 Å². The van der Waals surface area contributed by atoms with Gasteiger partial charge in [-0.25, -0.2) is 0 Å². The molecule has 82 valence electrons. The van der Waals surface area contributed by atoms with Crippen molar-refractivity contribution in [2.75, 3.05) is 5.88 Å². The Kier molecular flexibility index (Phi) is 5.94. The molecule has 0 unspecified atom stereocenters. The van der Waals surface area contributed by atoms with E-state index in [0.29, 0.717) is 0 Å². The van der Waals surface area contributed by atoms with E-state index < -0.39 is 0 Å². The Balaban J connectivity index is 0.000000167. The van der Waals surface area contributed by atoms with Crippen LogP contribution in [0.5, 0.6) is 0 Å². The van der Waals surface area contributed by atoms with Crippen molar-refractivity contribution < 1.29 is 4.42 Å². The Bertz CT molecular complexity index is 333. The van der Waals surface area contributed by atoms with E-state index in [4.69, 9.17) is 16.0 Å². The largest absolute Gasteiger partial charge is 0.464 e. The molecule has 1 heterocycles. The third kappa shape index (κ3) is 4.39. The van der Waals surface area contributed by atoms with Gasteiger partial charge in [0.15, 0.2) is 0 Å². The summed E-state index contributed by atoms with van der Waals surface area (Å²) in [5, 5.41) is 1.16. The van der Waals surface area contributed by atoms with Crippen LogP contribution in [0.1, 0.15) is 26.2 Å². The number of benzene rings is 1. The average Bonchev–Trinajstić information content (AvgIpc) is 2.75. The monoisotopic (exact) mass is 224 g/mol. The first kappa shape index (κ1) is 12.1. The molecule has 0 spiro atoms. The molecule has 0 saturated heterocycles. The summed E-state index contributed by atoms with van der Waals surface area (Å²) in [5.74, 6) is 0.827. The van der Waals surface area contributed by atoms with Crippen LogP contribution in [0.15, 0.2) is 41.0 Å². The van der Waals surface area contributed by atoms with Crippen molar-refractivity contribution in [3.8, 4) is 0 Å². The fraction of sp³-hybridized carbons (Fsp3) is 0.385. The van der Waals surface area contributed by atoms with Crippen LogP contribution in [0, 0.1) is 0 Å². The number of hydrogen-bond acceptors (Lipinski definition) is 1. The molecule has 0 amide bonds. The zero-order valence-electron chi connectivity index (χ0n) is 9.08. The Labute approximate surface area is 96.0 Å². The highest BCUT2D eigenvalue weighted by Gasteiger charge is 1.89. The fourth-order valence-corrected chi connectivity index (χ4v) is 1.44. The molecule has 0 aliphatic carbocycles. The lowest BCUT2D eigenvalue weighted by Crippen LogP contribution is -1.70. The summed E-state index contributed by atoms with van der Waals surface area (Å²) in [6, 6.07) is 9.90. The van der Waals surface area contributed by atoms with Crippen molar-refractivity contribution in [2.24, 2.45) is 0 Å². The van der Waals surface area contributed by atoms with E-state index >= 15 is 0 Å². The maximum atomic E-state index is 5.38. The number of alkyl halides is 1. The minimum atomic E-state index is 0.827. The summed E-state index contributed by atoms with van der Waals surface area (Å²) in [7, 11) is 0. The van der Waals surface area contributed by atoms with Gasteiger partial charge in [-0.15, -0.1) is 11.6 Å². The number of halogens is 1. The molecule has 0 fully saturated rings. The highest BCUT2D eigenvalue weighted by molar-refractivity contribution is 6.17. The van der Waals surface area contributed by atoms with E-state index in [1.165, 1.54) is 19.3 Å². The summed E-state index contributed by atoms with van der Waals surface area (Å²) >= 11 is 5.38. The van der Waals surface area contributed by atoms with Gasteiger partial charge in [-0.3, -0.25) is 0 Å². The molecule has 0 N–H and O–H groups in total. The van der Waals surface area contributed by atoms with Gasteiger partial charge in [0.2, 0.25) is 0 Å². The molecular weight excluding hydrogens is 208 g/mol. The average molecular weight is 225 g/mol. The summed E-state index contributed by atoms with van der Waals surface area (Å²) in [5.41, 5.74) is 0.956. The van der Waals surface area contributed by atoms with Gasteiger partial charge in [-0.2, -0.15) is 0 Å². The molecule has 2 aromatic rings. The van der Waals surface area contributed by atoms with Crippen LogP contribution >= 0.6 is 11.6 Å². The quantitative estimate of drug-likeness (QED) is 0.537. The Morgan fingerprint density at radius 1 is 1.13 bits per heavy atom. The number of furan rings is 1. The second-order valence-electron chi connectivity index (χ2n) is 3.35. The third-order valence-corrected chi connectivity index (χ3v) is 2.37. The number of para-hydroxylation sites is 1. The van der Waals surface area contributed by atoms with E-state index in [-0.39, 0.29) is 0 Å². The van der Waals surface area contributed by atoms with Crippen LogP contribution in [-0.2, 0) is 0 Å². The first-order valence-electron chi connectivity index (χ1n) is 5.36. The van der Waals surface area contributed by atoms with Crippen molar-refractivity contribution in [3.63, 3.8) is 0 Å². The van der Waals surface area contributed by atoms with Crippen molar-refractivity contribution in [3.05, 3.63) is 36.6 Å². The van der Waals surface area contributed by atoms with Gasteiger partial charge in [-0.05, 0) is 18.6 Å². The minimum absolute atomic E-state index is 0.827. The topological polar surface area (TPSA) is 13.1 Å². The van der Waals surface area contributed by atoms with Crippen molar-refractivity contribution >= 4 is 22.6 Å². The Morgan fingerprint density at radius 3 is 2.53 bits per heavy atom. The predicted molar refractivity (Wildman–Crippen MR) is 66.5 cm³/mol. The molecular formula is C13H17ClO. The summed E-state index contributed by atoms with van der Waals surface area (Å²) < 4.78 is 5.12.